The SMILES string of the molecule is Cn1nc(Cl)c(-c2c(F)cccc2F)c1Nc1ccccc1F. The molecular formula is C16H11ClF3N3. The molecule has 23 heavy (non-hydrogen) atoms. The van der Waals surface area contributed by atoms with Crippen LogP contribution < -0.4 is 5.32 Å². The Morgan fingerprint density at radius 1 is 0.913 bits per heavy atom. The van der Waals surface area contributed by atoms with Crippen LogP contribution >= 0.6 is 11.6 Å². The Bertz CT molecular complexity index is 857. The zero-order chi connectivity index (χ0) is 16.6. The van der Waals surface area contributed by atoms with Crippen LogP contribution in [0.15, 0.2) is 42.5 Å². The Labute approximate surface area is 135 Å². The molecule has 0 saturated heterocycles. The van der Waals surface area contributed by atoms with Gasteiger partial charge in [-0.25, -0.2) is 13.2 Å². The van der Waals surface area contributed by atoms with Crippen molar-refractivity contribution in [2.24, 2.45) is 7.05 Å². The molecular weight excluding hydrogens is 327 g/mol. The van der Waals surface area contributed by atoms with Gasteiger partial charge in [-0.3, -0.25) is 4.68 Å². The molecule has 0 aliphatic heterocycles. The van der Waals surface area contributed by atoms with Crippen molar-refractivity contribution >= 4 is 23.1 Å². The Kier molecular flexibility index (Phi) is 4.00. The lowest BCUT2D eigenvalue weighted by molar-refractivity contribution is 0.589. The second-order valence-corrected chi connectivity index (χ2v) is 5.20. The van der Waals surface area contributed by atoms with E-state index in [1.165, 1.54) is 36.0 Å². The topological polar surface area (TPSA) is 29.9 Å². The first kappa shape index (κ1) is 15.4. The molecule has 0 fully saturated rings. The van der Waals surface area contributed by atoms with E-state index in [-0.39, 0.29) is 27.8 Å². The van der Waals surface area contributed by atoms with E-state index in [0.717, 1.165) is 12.1 Å². The predicted molar refractivity (Wildman–Crippen MR) is 83.3 cm³/mol. The summed E-state index contributed by atoms with van der Waals surface area (Å²) in [7, 11) is 1.54. The van der Waals surface area contributed by atoms with Gasteiger partial charge >= 0.3 is 0 Å². The molecule has 0 atom stereocenters. The van der Waals surface area contributed by atoms with Crippen LogP contribution in [0.25, 0.3) is 11.1 Å². The molecule has 0 unspecified atom stereocenters. The second-order valence-electron chi connectivity index (χ2n) is 4.84. The molecule has 0 radical (unpaired) electrons. The third-order valence-corrected chi connectivity index (χ3v) is 3.61. The van der Waals surface area contributed by atoms with E-state index in [1.54, 1.807) is 6.07 Å². The third kappa shape index (κ3) is 2.77. The van der Waals surface area contributed by atoms with E-state index in [9.17, 15) is 13.2 Å². The minimum absolute atomic E-state index is 0.0352. The van der Waals surface area contributed by atoms with Crippen molar-refractivity contribution in [1.82, 2.24) is 9.78 Å². The molecule has 2 aromatic carbocycles. The average Bonchev–Trinajstić information content (AvgIpc) is 2.76. The number of anilines is 2. The van der Waals surface area contributed by atoms with Gasteiger partial charge in [0.05, 0.1) is 16.8 Å². The summed E-state index contributed by atoms with van der Waals surface area (Å²) < 4.78 is 43.3. The van der Waals surface area contributed by atoms with E-state index in [0.29, 0.717) is 0 Å². The second kappa shape index (κ2) is 5.96. The van der Waals surface area contributed by atoms with Gasteiger partial charge in [-0.2, -0.15) is 5.10 Å². The largest absolute Gasteiger partial charge is 0.337 e. The normalized spacial score (nSPS) is 10.8. The van der Waals surface area contributed by atoms with Crippen LogP contribution in [0.5, 0.6) is 0 Å². The molecule has 0 aliphatic rings. The van der Waals surface area contributed by atoms with Gasteiger partial charge in [-0.05, 0) is 24.3 Å². The van der Waals surface area contributed by atoms with Crippen LogP contribution in [-0.4, -0.2) is 9.78 Å². The fourth-order valence-corrected chi connectivity index (χ4v) is 2.58. The monoisotopic (exact) mass is 337 g/mol. The Hall–Kier alpha value is -2.47. The molecule has 0 amide bonds. The zero-order valence-corrected chi connectivity index (χ0v) is 12.7. The standard InChI is InChI=1S/C16H11ClF3N3/c1-23-16(21-12-8-3-2-5-9(12)18)14(15(17)22-23)13-10(19)6-4-7-11(13)20/h2-8,21H,1H3. The molecule has 0 aliphatic carbocycles. The molecule has 0 saturated carbocycles. The number of hydrogen-bond acceptors (Lipinski definition) is 2. The number of halogens is 4. The van der Waals surface area contributed by atoms with Crippen molar-refractivity contribution in [3.8, 4) is 11.1 Å². The van der Waals surface area contributed by atoms with Gasteiger partial charge in [0.15, 0.2) is 5.15 Å². The van der Waals surface area contributed by atoms with E-state index in [2.05, 4.69) is 10.4 Å². The highest BCUT2D eigenvalue weighted by molar-refractivity contribution is 6.33. The quantitative estimate of drug-likeness (QED) is 0.736. The molecule has 3 aromatic rings. The molecule has 118 valence electrons. The summed E-state index contributed by atoms with van der Waals surface area (Å²) in [5.41, 5.74) is -0.136. The summed E-state index contributed by atoms with van der Waals surface area (Å²) in [6.45, 7) is 0. The van der Waals surface area contributed by atoms with Crippen molar-refractivity contribution in [1.29, 1.82) is 0 Å². The van der Waals surface area contributed by atoms with Crippen molar-refractivity contribution < 1.29 is 13.2 Å². The average molecular weight is 338 g/mol. The van der Waals surface area contributed by atoms with Crippen LogP contribution in [0.1, 0.15) is 0 Å². The molecule has 0 bridgehead atoms. The van der Waals surface area contributed by atoms with E-state index in [4.69, 9.17) is 11.6 Å². The molecule has 1 heterocycles. The fourth-order valence-electron chi connectivity index (χ4n) is 2.28. The van der Waals surface area contributed by atoms with Gasteiger partial charge in [0, 0.05) is 7.05 Å². The number of benzene rings is 2. The molecule has 1 N–H and O–H groups in total. The molecule has 1 aromatic heterocycles. The van der Waals surface area contributed by atoms with Crippen molar-refractivity contribution in [3.63, 3.8) is 0 Å². The van der Waals surface area contributed by atoms with Crippen molar-refractivity contribution in [3.05, 3.63) is 65.1 Å². The lowest BCUT2D eigenvalue weighted by atomic mass is 10.1. The predicted octanol–water partition coefficient (Wildman–Crippen LogP) is 4.90. The summed E-state index contributed by atoms with van der Waals surface area (Å²) >= 11 is 6.04. The first-order chi connectivity index (χ1) is 11.0. The number of rotatable bonds is 3. The number of para-hydroxylation sites is 1. The maximum atomic E-state index is 14.1. The minimum atomic E-state index is -0.781. The first-order valence-electron chi connectivity index (χ1n) is 6.67. The Morgan fingerprint density at radius 2 is 1.52 bits per heavy atom. The van der Waals surface area contributed by atoms with E-state index < -0.39 is 17.5 Å². The Morgan fingerprint density at radius 3 is 2.17 bits per heavy atom. The molecule has 3 nitrogen and oxygen atoms in total. The van der Waals surface area contributed by atoms with Crippen molar-refractivity contribution in [2.45, 2.75) is 0 Å². The van der Waals surface area contributed by atoms with Crippen LogP contribution in [0.2, 0.25) is 5.15 Å². The highest BCUT2D eigenvalue weighted by Crippen LogP contribution is 2.39. The lowest BCUT2D eigenvalue weighted by Crippen LogP contribution is -2.02. The number of nitrogens with zero attached hydrogens (tertiary/aromatic N) is 2. The van der Waals surface area contributed by atoms with Gasteiger partial charge in [0.1, 0.15) is 23.3 Å². The minimum Gasteiger partial charge on any atom is -0.337 e. The molecule has 7 heteroatoms. The van der Waals surface area contributed by atoms with Crippen molar-refractivity contribution in [2.75, 3.05) is 5.32 Å². The number of nitrogens with one attached hydrogen (secondary N) is 1. The van der Waals surface area contributed by atoms with Gasteiger partial charge in [0.2, 0.25) is 0 Å². The highest BCUT2D eigenvalue weighted by Gasteiger charge is 2.23. The van der Waals surface area contributed by atoms with Crippen LogP contribution in [-0.2, 0) is 7.05 Å². The smallest absolute Gasteiger partial charge is 0.161 e. The summed E-state index contributed by atoms with van der Waals surface area (Å²) in [4.78, 5) is 0. The highest BCUT2D eigenvalue weighted by atomic mass is 35.5. The van der Waals surface area contributed by atoms with E-state index in [1.807, 2.05) is 0 Å². The van der Waals surface area contributed by atoms with Gasteiger partial charge < -0.3 is 5.32 Å². The first-order valence-corrected chi connectivity index (χ1v) is 7.05. The number of hydrogen-bond donors (Lipinski definition) is 1. The van der Waals surface area contributed by atoms with Gasteiger partial charge in [-0.1, -0.05) is 29.8 Å². The maximum absolute atomic E-state index is 14.1. The van der Waals surface area contributed by atoms with Crippen LogP contribution in [0, 0.1) is 17.5 Å². The number of aryl methyl sites for hydroxylation is 1. The molecule has 0 spiro atoms. The van der Waals surface area contributed by atoms with Crippen LogP contribution in [0.3, 0.4) is 0 Å². The third-order valence-electron chi connectivity index (χ3n) is 3.34. The lowest BCUT2D eigenvalue weighted by Gasteiger charge is -2.11. The summed E-state index contributed by atoms with van der Waals surface area (Å²) in [5.74, 6) is -1.89. The summed E-state index contributed by atoms with van der Waals surface area (Å²) in [5, 5.41) is 6.66. The molecule has 3 rings (SSSR count). The Balaban J connectivity index is 2.18. The number of aromatic nitrogens is 2. The summed E-state index contributed by atoms with van der Waals surface area (Å²) in [6, 6.07) is 9.42. The fraction of sp³-hybridized carbons (Fsp3) is 0.0625. The summed E-state index contributed by atoms with van der Waals surface area (Å²) in [6.07, 6.45) is 0. The van der Waals surface area contributed by atoms with E-state index >= 15 is 0 Å². The van der Waals surface area contributed by atoms with Gasteiger partial charge in [0.25, 0.3) is 0 Å². The van der Waals surface area contributed by atoms with Gasteiger partial charge in [-0.15, -0.1) is 0 Å². The maximum Gasteiger partial charge on any atom is 0.161 e. The van der Waals surface area contributed by atoms with Crippen LogP contribution in [0.4, 0.5) is 24.7 Å². The zero-order valence-electron chi connectivity index (χ0n) is 11.9.